The van der Waals surface area contributed by atoms with Gasteiger partial charge < -0.3 is 14.2 Å². The summed E-state index contributed by atoms with van der Waals surface area (Å²) in [6.07, 6.45) is 5.45. The van der Waals surface area contributed by atoms with Crippen LogP contribution in [-0.4, -0.2) is 34.5 Å². The Morgan fingerprint density at radius 3 is 2.45 bits per heavy atom. The van der Waals surface area contributed by atoms with Crippen LogP contribution in [0.3, 0.4) is 0 Å². The van der Waals surface area contributed by atoms with Gasteiger partial charge in [-0.05, 0) is 84.1 Å². The van der Waals surface area contributed by atoms with Gasteiger partial charge in [-0.25, -0.2) is 9.37 Å². The van der Waals surface area contributed by atoms with E-state index in [-0.39, 0.29) is 18.6 Å². The van der Waals surface area contributed by atoms with Crippen molar-refractivity contribution in [3.8, 4) is 34.3 Å². The van der Waals surface area contributed by atoms with Crippen LogP contribution in [0, 0.1) is 17.1 Å². The number of ether oxygens (including phenoxy) is 1. The minimum Gasteiger partial charge on any atom is -0.489 e. The fourth-order valence-corrected chi connectivity index (χ4v) is 6.14. The van der Waals surface area contributed by atoms with Gasteiger partial charge in [-0.1, -0.05) is 49.1 Å². The zero-order valence-electron chi connectivity index (χ0n) is 24.7. The molecule has 0 spiro atoms. The van der Waals surface area contributed by atoms with Crippen LogP contribution >= 0.6 is 11.6 Å². The number of halogens is 2. The van der Waals surface area contributed by atoms with Crippen LogP contribution < -0.4 is 4.74 Å². The van der Waals surface area contributed by atoms with Gasteiger partial charge in [0.2, 0.25) is 0 Å². The molecule has 0 bridgehead atoms. The zero-order chi connectivity index (χ0) is 30.8. The first kappa shape index (κ1) is 29.4. The monoisotopic (exact) mass is 606 g/mol. The Kier molecular flexibility index (Phi) is 8.36. The van der Waals surface area contributed by atoms with E-state index in [9.17, 15) is 10.1 Å². The van der Waals surface area contributed by atoms with Crippen molar-refractivity contribution in [1.29, 1.82) is 5.26 Å². The number of carbonyl (C=O) groups is 1. The molecule has 222 valence electrons. The molecule has 0 unspecified atom stereocenters. The molecule has 1 amide bonds. The first-order valence-electron chi connectivity index (χ1n) is 14.8. The number of benzene rings is 4. The molecule has 1 saturated carbocycles. The number of fused-ring (bicyclic) bond motifs is 1. The fraction of sp³-hybridized carbons (Fsp3) is 0.250. The molecule has 0 aliphatic heterocycles. The quantitative estimate of drug-likeness (QED) is 0.186. The number of amides is 1. The summed E-state index contributed by atoms with van der Waals surface area (Å²) in [5.74, 6) is 0.368. The Bertz CT molecular complexity index is 1890. The SMILES string of the molecule is CN(C)C(=O)c1ccc(-c2ccc(Cl)cc2)c(COc2ccc(-c3nc4cc(C#N)ccc4n3C3CCCCC3)c(F)c2)c1. The molecular formula is C36H32ClFN4O2. The van der Waals surface area contributed by atoms with Gasteiger partial charge in [0, 0.05) is 36.8 Å². The van der Waals surface area contributed by atoms with Crippen molar-refractivity contribution in [1.82, 2.24) is 14.5 Å². The second-order valence-corrected chi connectivity index (χ2v) is 11.9. The minimum atomic E-state index is -0.440. The van der Waals surface area contributed by atoms with Gasteiger partial charge in [-0.15, -0.1) is 0 Å². The van der Waals surface area contributed by atoms with Crippen LogP contribution in [0.1, 0.15) is 59.6 Å². The van der Waals surface area contributed by atoms with Crippen molar-refractivity contribution in [2.24, 2.45) is 0 Å². The van der Waals surface area contributed by atoms with Crippen LogP contribution in [0.4, 0.5) is 4.39 Å². The van der Waals surface area contributed by atoms with Gasteiger partial charge in [0.25, 0.3) is 5.91 Å². The Morgan fingerprint density at radius 1 is 1.00 bits per heavy atom. The number of aromatic nitrogens is 2. The molecule has 6 nitrogen and oxygen atoms in total. The van der Waals surface area contributed by atoms with E-state index in [1.54, 1.807) is 44.4 Å². The molecule has 8 heteroatoms. The maximum atomic E-state index is 15.9. The summed E-state index contributed by atoms with van der Waals surface area (Å²) in [7, 11) is 3.42. The third-order valence-corrected chi connectivity index (χ3v) is 8.50. The van der Waals surface area contributed by atoms with Crippen molar-refractivity contribution in [3.05, 3.63) is 106 Å². The maximum Gasteiger partial charge on any atom is 0.253 e. The molecule has 1 aliphatic carbocycles. The molecule has 0 saturated heterocycles. The second-order valence-electron chi connectivity index (χ2n) is 11.4. The van der Waals surface area contributed by atoms with Crippen LogP contribution in [0.5, 0.6) is 5.75 Å². The molecule has 1 aromatic heterocycles. The van der Waals surface area contributed by atoms with Gasteiger partial charge >= 0.3 is 0 Å². The zero-order valence-corrected chi connectivity index (χ0v) is 25.4. The standard InChI is InChI=1S/C36H32ClFN4O2/c1-41(2)36(43)25-11-15-30(24-9-12-27(37)13-10-24)26(19-25)22-44-29-14-16-31(32(38)20-29)35-40-33-18-23(21-39)8-17-34(33)42(35)28-6-4-3-5-7-28/h8-20,28H,3-7,22H2,1-2H3. The molecule has 6 rings (SSSR count). The van der Waals surface area contributed by atoms with Crippen LogP contribution in [0.15, 0.2) is 78.9 Å². The van der Waals surface area contributed by atoms with Gasteiger partial charge in [0.05, 0.1) is 28.2 Å². The number of nitriles is 1. The molecule has 1 aliphatic rings. The molecular weight excluding hydrogens is 575 g/mol. The Hall–Kier alpha value is -4.67. The highest BCUT2D eigenvalue weighted by Crippen LogP contribution is 2.38. The molecule has 1 heterocycles. The Labute approximate surface area is 261 Å². The Balaban J connectivity index is 1.33. The van der Waals surface area contributed by atoms with E-state index in [0.717, 1.165) is 47.9 Å². The summed E-state index contributed by atoms with van der Waals surface area (Å²) in [6.45, 7) is 0.128. The van der Waals surface area contributed by atoms with E-state index in [0.29, 0.717) is 38.8 Å². The number of hydrogen-bond acceptors (Lipinski definition) is 4. The second kappa shape index (κ2) is 12.5. The predicted molar refractivity (Wildman–Crippen MR) is 171 cm³/mol. The van der Waals surface area contributed by atoms with Gasteiger partial charge in [0.1, 0.15) is 24.0 Å². The normalized spacial score (nSPS) is 13.5. The van der Waals surface area contributed by atoms with E-state index in [4.69, 9.17) is 21.3 Å². The van der Waals surface area contributed by atoms with Gasteiger partial charge in [-0.3, -0.25) is 4.79 Å². The first-order valence-corrected chi connectivity index (χ1v) is 15.2. The predicted octanol–water partition coefficient (Wildman–Crippen LogP) is 8.82. The minimum absolute atomic E-state index is 0.118. The molecule has 0 atom stereocenters. The van der Waals surface area contributed by atoms with Crippen molar-refractivity contribution >= 4 is 28.5 Å². The number of hydrogen-bond donors (Lipinski definition) is 0. The summed E-state index contributed by atoms with van der Waals surface area (Å²) in [5, 5.41) is 10.1. The third kappa shape index (κ3) is 5.91. The summed E-state index contributed by atoms with van der Waals surface area (Å²) >= 11 is 6.11. The van der Waals surface area contributed by atoms with Gasteiger partial charge in [0.15, 0.2) is 0 Å². The van der Waals surface area contributed by atoms with E-state index in [1.165, 1.54) is 17.4 Å². The molecule has 5 aromatic rings. The van der Waals surface area contributed by atoms with E-state index in [2.05, 4.69) is 10.6 Å². The summed E-state index contributed by atoms with van der Waals surface area (Å²) in [4.78, 5) is 19.1. The average Bonchev–Trinajstić information content (AvgIpc) is 3.42. The average molecular weight is 607 g/mol. The highest BCUT2D eigenvalue weighted by Gasteiger charge is 2.24. The highest BCUT2D eigenvalue weighted by molar-refractivity contribution is 6.30. The van der Waals surface area contributed by atoms with Crippen molar-refractivity contribution < 1.29 is 13.9 Å². The Morgan fingerprint density at radius 2 is 1.75 bits per heavy atom. The summed E-state index contributed by atoms with van der Waals surface area (Å²) < 4.78 is 24.2. The lowest BCUT2D eigenvalue weighted by molar-refractivity contribution is 0.0827. The fourth-order valence-electron chi connectivity index (χ4n) is 6.01. The number of carbonyl (C=O) groups excluding carboxylic acids is 1. The topological polar surface area (TPSA) is 71.2 Å². The third-order valence-electron chi connectivity index (χ3n) is 8.25. The molecule has 1 fully saturated rings. The maximum absolute atomic E-state index is 15.9. The van der Waals surface area contributed by atoms with E-state index < -0.39 is 5.82 Å². The highest BCUT2D eigenvalue weighted by atomic mass is 35.5. The molecule has 4 aromatic carbocycles. The first-order chi connectivity index (χ1) is 21.3. The largest absolute Gasteiger partial charge is 0.489 e. The van der Waals surface area contributed by atoms with Crippen LogP contribution in [0.25, 0.3) is 33.5 Å². The van der Waals surface area contributed by atoms with E-state index in [1.807, 2.05) is 42.5 Å². The number of nitrogens with zero attached hydrogens (tertiary/aromatic N) is 4. The summed E-state index contributed by atoms with van der Waals surface area (Å²) in [5.41, 5.74) is 5.66. The van der Waals surface area contributed by atoms with Crippen LogP contribution in [-0.2, 0) is 6.61 Å². The lowest BCUT2D eigenvalue weighted by Crippen LogP contribution is -2.21. The number of imidazole rings is 1. The smallest absolute Gasteiger partial charge is 0.253 e. The molecule has 0 N–H and O–H groups in total. The molecule has 44 heavy (non-hydrogen) atoms. The van der Waals surface area contributed by atoms with Gasteiger partial charge in [-0.2, -0.15) is 5.26 Å². The number of rotatable bonds is 7. The van der Waals surface area contributed by atoms with E-state index >= 15 is 4.39 Å². The van der Waals surface area contributed by atoms with Crippen molar-refractivity contribution in [3.63, 3.8) is 0 Å². The van der Waals surface area contributed by atoms with Crippen molar-refractivity contribution in [2.75, 3.05) is 14.1 Å². The van der Waals surface area contributed by atoms with Crippen molar-refractivity contribution in [2.45, 2.75) is 44.8 Å². The molecule has 0 radical (unpaired) electrons. The summed E-state index contributed by atoms with van der Waals surface area (Å²) in [6, 6.07) is 25.7. The lowest BCUT2D eigenvalue weighted by atomic mass is 9.94. The van der Waals surface area contributed by atoms with Crippen LogP contribution in [0.2, 0.25) is 5.02 Å². The lowest BCUT2D eigenvalue weighted by Gasteiger charge is -2.25.